The molecule has 1 saturated carbocycles. The number of carbonyl (C=O) groups excluding carboxylic acids is 1. The number of nitrogens with zero attached hydrogens (tertiary/aromatic N) is 3. The second-order valence-corrected chi connectivity index (χ2v) is 7.58. The summed E-state index contributed by atoms with van der Waals surface area (Å²) in [6, 6.07) is 3.15. The zero-order valence-corrected chi connectivity index (χ0v) is 13.9. The average Bonchev–Trinajstić information content (AvgIpc) is 3.18. The zero-order valence-electron chi connectivity index (χ0n) is 13.1. The second-order valence-electron chi connectivity index (χ2n) is 6.55. The summed E-state index contributed by atoms with van der Waals surface area (Å²) in [5, 5.41) is 8.71. The second kappa shape index (κ2) is 5.35. The Morgan fingerprint density at radius 2 is 2.05 bits per heavy atom. The van der Waals surface area contributed by atoms with Crippen LogP contribution in [0.1, 0.15) is 41.0 Å². The van der Waals surface area contributed by atoms with Gasteiger partial charge in [0.1, 0.15) is 4.83 Å². The lowest BCUT2D eigenvalue weighted by Gasteiger charge is -2.32. The normalized spacial score (nSPS) is 20.6. The molecule has 22 heavy (non-hydrogen) atoms. The van der Waals surface area contributed by atoms with E-state index in [0.29, 0.717) is 6.04 Å². The van der Waals surface area contributed by atoms with Crippen LogP contribution < -0.4 is 5.32 Å². The Labute approximate surface area is 134 Å². The van der Waals surface area contributed by atoms with E-state index in [1.165, 1.54) is 24.2 Å². The Morgan fingerprint density at radius 3 is 2.68 bits per heavy atom. The van der Waals surface area contributed by atoms with E-state index in [2.05, 4.69) is 15.3 Å². The van der Waals surface area contributed by atoms with Crippen molar-refractivity contribution in [2.45, 2.75) is 44.7 Å². The van der Waals surface area contributed by atoms with Gasteiger partial charge in [-0.05, 0) is 38.7 Å². The predicted octanol–water partition coefficient (Wildman–Crippen LogP) is 2.30. The molecule has 0 spiro atoms. The summed E-state index contributed by atoms with van der Waals surface area (Å²) in [5.41, 5.74) is 0.991. The molecule has 0 aromatic carbocycles. The number of thiophene rings is 1. The average molecular weight is 318 g/mol. The highest BCUT2D eigenvalue weighted by Gasteiger charge is 2.32. The monoisotopic (exact) mass is 318 g/mol. The summed E-state index contributed by atoms with van der Waals surface area (Å²) in [6.45, 7) is 4.25. The number of hydrogen-bond donors (Lipinski definition) is 1. The van der Waals surface area contributed by atoms with E-state index in [4.69, 9.17) is 0 Å². The molecule has 2 aromatic rings. The van der Waals surface area contributed by atoms with Crippen LogP contribution in [0.15, 0.2) is 6.07 Å². The van der Waals surface area contributed by atoms with Gasteiger partial charge in [0.2, 0.25) is 0 Å². The first-order valence-corrected chi connectivity index (χ1v) is 8.91. The van der Waals surface area contributed by atoms with Crippen molar-refractivity contribution in [1.82, 2.24) is 20.0 Å². The topological polar surface area (TPSA) is 50.2 Å². The molecule has 4 rings (SSSR count). The Hall–Kier alpha value is -1.40. The molecule has 6 heteroatoms. The molecule has 3 heterocycles. The minimum absolute atomic E-state index is 0.0745. The van der Waals surface area contributed by atoms with Gasteiger partial charge in [-0.3, -0.25) is 9.48 Å². The summed E-state index contributed by atoms with van der Waals surface area (Å²) < 4.78 is 1.86. The van der Waals surface area contributed by atoms with E-state index < -0.39 is 0 Å². The summed E-state index contributed by atoms with van der Waals surface area (Å²) in [7, 11) is 1.93. The van der Waals surface area contributed by atoms with E-state index in [9.17, 15) is 4.79 Å². The Bertz CT molecular complexity index is 673. The lowest BCUT2D eigenvalue weighted by Crippen LogP contribution is -2.45. The van der Waals surface area contributed by atoms with Crippen molar-refractivity contribution in [1.29, 1.82) is 0 Å². The number of hydrogen-bond acceptors (Lipinski definition) is 4. The largest absolute Gasteiger partial charge is 0.349 e. The van der Waals surface area contributed by atoms with Gasteiger partial charge in [0, 0.05) is 37.6 Å². The molecule has 5 nitrogen and oxygen atoms in total. The number of piperidine rings is 1. The molecule has 1 aliphatic carbocycles. The van der Waals surface area contributed by atoms with Crippen LogP contribution in [0.2, 0.25) is 0 Å². The first-order chi connectivity index (χ1) is 10.6. The fourth-order valence-electron chi connectivity index (χ4n) is 3.42. The lowest BCUT2D eigenvalue weighted by atomic mass is 10.0. The van der Waals surface area contributed by atoms with Crippen LogP contribution in [0, 0.1) is 6.92 Å². The predicted molar refractivity (Wildman–Crippen MR) is 88.4 cm³/mol. The summed E-state index contributed by atoms with van der Waals surface area (Å²) >= 11 is 1.53. The first-order valence-electron chi connectivity index (χ1n) is 8.10. The van der Waals surface area contributed by atoms with Gasteiger partial charge in [0.15, 0.2) is 0 Å². The molecule has 1 saturated heterocycles. The molecule has 0 radical (unpaired) electrons. The van der Waals surface area contributed by atoms with E-state index in [-0.39, 0.29) is 5.91 Å². The minimum Gasteiger partial charge on any atom is -0.349 e. The molecule has 1 amide bonds. The smallest absolute Gasteiger partial charge is 0.261 e. The van der Waals surface area contributed by atoms with E-state index in [0.717, 1.165) is 52.8 Å². The standard InChI is InChI=1S/C16H22N4OS/c1-10-13-9-14(22-16(13)19(2)18-10)15(21)17-11-5-7-20(8-6-11)12-3-4-12/h9,11-12H,3-8H2,1-2H3,(H,17,21). The Balaban J connectivity index is 1.41. The van der Waals surface area contributed by atoms with Crippen molar-refractivity contribution in [3.05, 3.63) is 16.6 Å². The number of carbonyl (C=O) groups is 1. The molecule has 0 bridgehead atoms. The van der Waals surface area contributed by atoms with Crippen LogP contribution in [-0.2, 0) is 7.05 Å². The highest BCUT2D eigenvalue weighted by Crippen LogP contribution is 2.30. The molecular formula is C16H22N4OS. The van der Waals surface area contributed by atoms with Crippen molar-refractivity contribution in [3.63, 3.8) is 0 Å². The molecule has 118 valence electrons. The third-order valence-electron chi connectivity index (χ3n) is 4.85. The number of rotatable bonds is 3. The quantitative estimate of drug-likeness (QED) is 0.945. The lowest BCUT2D eigenvalue weighted by molar-refractivity contribution is 0.0913. The van der Waals surface area contributed by atoms with Crippen LogP contribution in [0.3, 0.4) is 0 Å². The maximum Gasteiger partial charge on any atom is 0.261 e. The van der Waals surface area contributed by atoms with Gasteiger partial charge in [0.25, 0.3) is 5.91 Å². The fraction of sp³-hybridized carbons (Fsp3) is 0.625. The number of likely N-dealkylation sites (tertiary alicyclic amines) is 1. The molecular weight excluding hydrogens is 296 g/mol. The number of fused-ring (bicyclic) bond motifs is 1. The summed E-state index contributed by atoms with van der Waals surface area (Å²) in [6.07, 6.45) is 4.89. The van der Waals surface area contributed by atoms with Gasteiger partial charge >= 0.3 is 0 Å². The number of amides is 1. The fourth-order valence-corrected chi connectivity index (χ4v) is 4.45. The van der Waals surface area contributed by atoms with Gasteiger partial charge in [-0.15, -0.1) is 11.3 Å². The molecule has 0 atom stereocenters. The van der Waals surface area contributed by atoms with E-state index in [1.807, 2.05) is 24.7 Å². The Kier molecular flexibility index (Phi) is 3.46. The highest BCUT2D eigenvalue weighted by atomic mass is 32.1. The van der Waals surface area contributed by atoms with Crippen LogP contribution in [0.4, 0.5) is 0 Å². The van der Waals surface area contributed by atoms with Crippen molar-refractivity contribution in [2.24, 2.45) is 7.05 Å². The number of nitrogens with one attached hydrogen (secondary N) is 1. The highest BCUT2D eigenvalue weighted by molar-refractivity contribution is 7.20. The molecule has 1 N–H and O–H groups in total. The maximum absolute atomic E-state index is 12.5. The van der Waals surface area contributed by atoms with Crippen molar-refractivity contribution >= 4 is 27.5 Å². The molecule has 1 aliphatic heterocycles. The molecule has 0 unspecified atom stereocenters. The zero-order chi connectivity index (χ0) is 15.3. The van der Waals surface area contributed by atoms with Crippen LogP contribution in [0.5, 0.6) is 0 Å². The van der Waals surface area contributed by atoms with Gasteiger partial charge in [-0.1, -0.05) is 0 Å². The van der Waals surface area contributed by atoms with Crippen molar-refractivity contribution < 1.29 is 4.79 Å². The minimum atomic E-state index is 0.0745. The molecule has 2 aromatic heterocycles. The maximum atomic E-state index is 12.5. The third kappa shape index (κ3) is 2.54. The molecule has 2 aliphatic rings. The first kappa shape index (κ1) is 14.2. The van der Waals surface area contributed by atoms with Gasteiger partial charge in [0.05, 0.1) is 10.6 Å². The van der Waals surface area contributed by atoms with Crippen molar-refractivity contribution in [3.8, 4) is 0 Å². The van der Waals surface area contributed by atoms with Gasteiger partial charge in [-0.25, -0.2) is 0 Å². The van der Waals surface area contributed by atoms with Crippen molar-refractivity contribution in [2.75, 3.05) is 13.1 Å². The van der Waals surface area contributed by atoms with Crippen LogP contribution in [-0.4, -0.2) is 45.8 Å². The third-order valence-corrected chi connectivity index (χ3v) is 6.05. The summed E-state index contributed by atoms with van der Waals surface area (Å²) in [5.74, 6) is 0.0745. The van der Waals surface area contributed by atoms with Crippen LogP contribution >= 0.6 is 11.3 Å². The Morgan fingerprint density at radius 1 is 1.32 bits per heavy atom. The summed E-state index contributed by atoms with van der Waals surface area (Å²) in [4.78, 5) is 16.9. The van der Waals surface area contributed by atoms with E-state index in [1.54, 1.807) is 0 Å². The number of aromatic nitrogens is 2. The van der Waals surface area contributed by atoms with Gasteiger partial charge < -0.3 is 10.2 Å². The SMILES string of the molecule is Cc1nn(C)c2sc(C(=O)NC3CCN(C4CC4)CC3)cc12. The van der Waals surface area contributed by atoms with Crippen LogP contribution in [0.25, 0.3) is 10.2 Å². The number of aryl methyl sites for hydroxylation is 2. The molecule has 2 fully saturated rings. The van der Waals surface area contributed by atoms with Gasteiger partial charge in [-0.2, -0.15) is 5.10 Å². The van der Waals surface area contributed by atoms with E-state index >= 15 is 0 Å².